The van der Waals surface area contributed by atoms with Gasteiger partial charge in [-0.15, -0.1) is 0 Å². The van der Waals surface area contributed by atoms with Crippen molar-refractivity contribution in [1.29, 1.82) is 0 Å². The molecule has 1 atom stereocenters. The number of carbonyl (C=O) groups is 2. The summed E-state index contributed by atoms with van der Waals surface area (Å²) in [6.45, 7) is 1.40. The van der Waals surface area contributed by atoms with E-state index in [2.05, 4.69) is 5.32 Å². The molecule has 12 heavy (non-hydrogen) atoms. The molecule has 0 aromatic rings. The summed E-state index contributed by atoms with van der Waals surface area (Å²) >= 11 is 0. The molecule has 4 heteroatoms. The topological polar surface area (TPSA) is 49.4 Å². The Morgan fingerprint density at radius 2 is 2.17 bits per heavy atom. The van der Waals surface area contributed by atoms with Crippen LogP contribution in [0.4, 0.5) is 0 Å². The van der Waals surface area contributed by atoms with E-state index in [1.807, 2.05) is 0 Å². The van der Waals surface area contributed by atoms with Crippen molar-refractivity contribution in [1.82, 2.24) is 10.2 Å². The zero-order valence-electron chi connectivity index (χ0n) is 6.88. The Morgan fingerprint density at radius 1 is 1.33 bits per heavy atom. The van der Waals surface area contributed by atoms with Crippen LogP contribution in [0, 0.1) is 0 Å². The summed E-state index contributed by atoms with van der Waals surface area (Å²) in [7, 11) is 0. The van der Waals surface area contributed by atoms with Gasteiger partial charge in [-0.3, -0.25) is 9.59 Å². The van der Waals surface area contributed by atoms with Crippen LogP contribution in [0.25, 0.3) is 0 Å². The molecule has 0 bridgehead atoms. The molecule has 0 spiro atoms. The number of rotatable bonds is 0. The lowest BCUT2D eigenvalue weighted by Gasteiger charge is -2.38. The van der Waals surface area contributed by atoms with E-state index in [1.54, 1.807) is 4.90 Å². The third-order valence-electron chi connectivity index (χ3n) is 2.58. The quantitative estimate of drug-likeness (QED) is 0.496. The standard InChI is InChI=1S/C8H12N2O2/c11-7-8(12)10-4-2-1-3-6(10)5-9-7/h6H,1-5H2,(H,9,11). The first kappa shape index (κ1) is 7.58. The summed E-state index contributed by atoms with van der Waals surface area (Å²) < 4.78 is 0. The molecule has 0 saturated carbocycles. The van der Waals surface area contributed by atoms with Crippen LogP contribution in [0.15, 0.2) is 0 Å². The van der Waals surface area contributed by atoms with E-state index in [1.165, 1.54) is 6.42 Å². The summed E-state index contributed by atoms with van der Waals surface area (Å²) in [5, 5.41) is 2.60. The lowest BCUT2D eigenvalue weighted by Crippen LogP contribution is -2.59. The summed E-state index contributed by atoms with van der Waals surface area (Å²) in [5.74, 6) is -0.779. The Hall–Kier alpha value is -1.06. The monoisotopic (exact) mass is 168 g/mol. The molecule has 66 valence electrons. The Balaban J connectivity index is 2.13. The van der Waals surface area contributed by atoms with Gasteiger partial charge in [-0.2, -0.15) is 0 Å². The van der Waals surface area contributed by atoms with Gasteiger partial charge in [-0.25, -0.2) is 0 Å². The van der Waals surface area contributed by atoms with Crippen LogP contribution in [0.5, 0.6) is 0 Å². The summed E-state index contributed by atoms with van der Waals surface area (Å²) in [5.41, 5.74) is 0. The average Bonchev–Trinajstić information content (AvgIpc) is 2.12. The van der Waals surface area contributed by atoms with Crippen LogP contribution in [-0.4, -0.2) is 35.8 Å². The highest BCUT2D eigenvalue weighted by Crippen LogP contribution is 2.18. The molecule has 2 heterocycles. The van der Waals surface area contributed by atoms with Gasteiger partial charge in [-0.05, 0) is 19.3 Å². The van der Waals surface area contributed by atoms with E-state index >= 15 is 0 Å². The molecule has 1 unspecified atom stereocenters. The number of hydrogen-bond donors (Lipinski definition) is 1. The zero-order valence-corrected chi connectivity index (χ0v) is 6.88. The smallest absolute Gasteiger partial charge is 0.312 e. The van der Waals surface area contributed by atoms with Gasteiger partial charge in [0, 0.05) is 19.1 Å². The normalized spacial score (nSPS) is 29.7. The van der Waals surface area contributed by atoms with Gasteiger partial charge in [0.05, 0.1) is 0 Å². The van der Waals surface area contributed by atoms with E-state index in [-0.39, 0.29) is 11.9 Å². The van der Waals surface area contributed by atoms with E-state index < -0.39 is 5.91 Å². The van der Waals surface area contributed by atoms with Crippen LogP contribution < -0.4 is 5.32 Å². The SMILES string of the molecule is O=C1NCC2CCCCN2C1=O. The number of nitrogens with zero attached hydrogens (tertiary/aromatic N) is 1. The van der Waals surface area contributed by atoms with Gasteiger partial charge in [0.1, 0.15) is 0 Å². The highest BCUT2D eigenvalue weighted by atomic mass is 16.2. The van der Waals surface area contributed by atoms with E-state index in [4.69, 9.17) is 0 Å². The highest BCUT2D eigenvalue weighted by Gasteiger charge is 2.34. The largest absolute Gasteiger partial charge is 0.346 e. The second-order valence-corrected chi connectivity index (χ2v) is 3.36. The third kappa shape index (κ3) is 1.07. The fourth-order valence-corrected chi connectivity index (χ4v) is 1.90. The summed E-state index contributed by atoms with van der Waals surface area (Å²) in [6, 6.07) is 0.268. The number of amides is 2. The Bertz CT molecular complexity index is 227. The van der Waals surface area contributed by atoms with Crippen molar-refractivity contribution in [2.75, 3.05) is 13.1 Å². The highest BCUT2D eigenvalue weighted by molar-refractivity contribution is 6.35. The Labute approximate surface area is 70.9 Å². The van der Waals surface area contributed by atoms with Crippen LogP contribution in [0.3, 0.4) is 0 Å². The van der Waals surface area contributed by atoms with Gasteiger partial charge in [0.25, 0.3) is 0 Å². The first-order valence-electron chi connectivity index (χ1n) is 4.38. The number of piperidine rings is 1. The molecule has 2 amide bonds. The van der Waals surface area contributed by atoms with E-state index in [0.29, 0.717) is 6.54 Å². The fraction of sp³-hybridized carbons (Fsp3) is 0.750. The maximum atomic E-state index is 11.3. The van der Waals surface area contributed by atoms with Gasteiger partial charge in [-0.1, -0.05) is 0 Å². The lowest BCUT2D eigenvalue weighted by atomic mass is 10.0. The molecule has 0 aromatic heterocycles. The fourth-order valence-electron chi connectivity index (χ4n) is 1.90. The molecule has 2 fully saturated rings. The summed E-state index contributed by atoms with van der Waals surface area (Å²) in [6.07, 6.45) is 3.24. The summed E-state index contributed by atoms with van der Waals surface area (Å²) in [4.78, 5) is 23.9. The van der Waals surface area contributed by atoms with Crippen molar-refractivity contribution in [2.24, 2.45) is 0 Å². The number of hydrogen-bond acceptors (Lipinski definition) is 2. The molecule has 0 aliphatic carbocycles. The van der Waals surface area contributed by atoms with Crippen molar-refractivity contribution in [2.45, 2.75) is 25.3 Å². The van der Waals surface area contributed by atoms with Crippen molar-refractivity contribution >= 4 is 11.8 Å². The predicted molar refractivity (Wildman–Crippen MR) is 42.4 cm³/mol. The second-order valence-electron chi connectivity index (χ2n) is 3.36. The molecule has 4 nitrogen and oxygen atoms in total. The van der Waals surface area contributed by atoms with Crippen LogP contribution >= 0.6 is 0 Å². The van der Waals surface area contributed by atoms with Crippen molar-refractivity contribution in [3.05, 3.63) is 0 Å². The zero-order chi connectivity index (χ0) is 8.55. The molecule has 2 rings (SSSR count). The molecule has 2 aliphatic rings. The first-order chi connectivity index (χ1) is 5.79. The van der Waals surface area contributed by atoms with Crippen molar-refractivity contribution < 1.29 is 9.59 Å². The molecular formula is C8H12N2O2. The van der Waals surface area contributed by atoms with Gasteiger partial charge in [0.15, 0.2) is 0 Å². The van der Waals surface area contributed by atoms with Crippen LogP contribution in [0.2, 0.25) is 0 Å². The average molecular weight is 168 g/mol. The van der Waals surface area contributed by atoms with E-state index in [9.17, 15) is 9.59 Å². The van der Waals surface area contributed by atoms with E-state index in [0.717, 1.165) is 19.4 Å². The second kappa shape index (κ2) is 2.77. The third-order valence-corrected chi connectivity index (χ3v) is 2.58. The van der Waals surface area contributed by atoms with Crippen molar-refractivity contribution in [3.63, 3.8) is 0 Å². The maximum absolute atomic E-state index is 11.3. The Morgan fingerprint density at radius 3 is 3.00 bits per heavy atom. The molecular weight excluding hydrogens is 156 g/mol. The van der Waals surface area contributed by atoms with Gasteiger partial charge in [0.2, 0.25) is 0 Å². The number of nitrogens with one attached hydrogen (secondary N) is 1. The minimum absolute atomic E-state index is 0.268. The molecule has 1 N–H and O–H groups in total. The maximum Gasteiger partial charge on any atom is 0.312 e. The first-order valence-corrected chi connectivity index (χ1v) is 4.38. The lowest BCUT2D eigenvalue weighted by molar-refractivity contribution is -0.151. The number of carbonyl (C=O) groups excluding carboxylic acids is 2. The molecule has 2 saturated heterocycles. The van der Waals surface area contributed by atoms with Crippen molar-refractivity contribution in [3.8, 4) is 0 Å². The van der Waals surface area contributed by atoms with Crippen LogP contribution in [0.1, 0.15) is 19.3 Å². The predicted octanol–water partition coefficient (Wildman–Crippen LogP) is -0.503. The van der Waals surface area contributed by atoms with Crippen LogP contribution in [-0.2, 0) is 9.59 Å². The minimum atomic E-state index is -0.437. The Kier molecular flexibility index (Phi) is 1.75. The van der Waals surface area contributed by atoms with Gasteiger partial charge < -0.3 is 10.2 Å². The minimum Gasteiger partial charge on any atom is -0.346 e. The van der Waals surface area contributed by atoms with Gasteiger partial charge >= 0.3 is 11.8 Å². The molecule has 0 radical (unpaired) electrons. The number of piperazine rings is 1. The number of fused-ring (bicyclic) bond motifs is 1. The molecule has 0 aromatic carbocycles. The molecule has 2 aliphatic heterocycles.